The third kappa shape index (κ3) is 4.59. The van der Waals surface area contributed by atoms with Gasteiger partial charge in [-0.1, -0.05) is 6.07 Å². The minimum Gasteiger partial charge on any atom is -0.380 e. The summed E-state index contributed by atoms with van der Waals surface area (Å²) in [6.45, 7) is 5.44. The van der Waals surface area contributed by atoms with E-state index in [9.17, 15) is 0 Å². The van der Waals surface area contributed by atoms with E-state index in [4.69, 9.17) is 4.74 Å². The van der Waals surface area contributed by atoms with Gasteiger partial charge in [-0.05, 0) is 25.6 Å². The van der Waals surface area contributed by atoms with Crippen molar-refractivity contribution in [1.82, 2.24) is 9.88 Å². The van der Waals surface area contributed by atoms with Crippen molar-refractivity contribution in [1.29, 1.82) is 0 Å². The topological polar surface area (TPSA) is 37.4 Å². The average Bonchev–Trinajstić information content (AvgIpc) is 2.30. The van der Waals surface area contributed by atoms with E-state index >= 15 is 0 Å². The Kier molecular flexibility index (Phi) is 5.82. The third-order valence-electron chi connectivity index (χ3n) is 2.35. The van der Waals surface area contributed by atoms with Crippen molar-refractivity contribution in [3.8, 4) is 0 Å². The van der Waals surface area contributed by atoms with Crippen LogP contribution in [0.5, 0.6) is 0 Å². The zero-order valence-electron chi connectivity index (χ0n) is 10.4. The SMILES string of the molecule is CCOCCN(C)Cc1ccc(NC)nc1. The van der Waals surface area contributed by atoms with Crippen molar-refractivity contribution in [3.05, 3.63) is 23.9 Å². The molecule has 1 N–H and O–H groups in total. The van der Waals surface area contributed by atoms with E-state index in [-0.39, 0.29) is 0 Å². The fourth-order valence-electron chi connectivity index (χ4n) is 1.42. The second-order valence-corrected chi connectivity index (χ2v) is 3.74. The summed E-state index contributed by atoms with van der Waals surface area (Å²) in [4.78, 5) is 6.51. The molecule has 0 atom stereocenters. The van der Waals surface area contributed by atoms with Gasteiger partial charge in [-0.25, -0.2) is 4.98 Å². The van der Waals surface area contributed by atoms with E-state index in [1.54, 1.807) is 0 Å². The standard InChI is InChI=1S/C12H21N3O/c1-4-16-8-7-15(3)10-11-5-6-12(13-2)14-9-11/h5-6,9H,4,7-8,10H2,1-3H3,(H,13,14). The molecule has 1 aromatic heterocycles. The highest BCUT2D eigenvalue weighted by molar-refractivity contribution is 5.34. The molecule has 0 aliphatic rings. The second-order valence-electron chi connectivity index (χ2n) is 3.74. The van der Waals surface area contributed by atoms with E-state index in [0.29, 0.717) is 0 Å². The van der Waals surface area contributed by atoms with Gasteiger partial charge in [0.2, 0.25) is 0 Å². The quantitative estimate of drug-likeness (QED) is 0.712. The molecule has 0 fully saturated rings. The third-order valence-corrected chi connectivity index (χ3v) is 2.35. The van der Waals surface area contributed by atoms with Gasteiger partial charge in [0.15, 0.2) is 0 Å². The van der Waals surface area contributed by atoms with E-state index in [1.807, 2.05) is 26.2 Å². The summed E-state index contributed by atoms with van der Waals surface area (Å²) in [6.07, 6.45) is 1.91. The highest BCUT2D eigenvalue weighted by Gasteiger charge is 2.00. The molecule has 0 amide bonds. The highest BCUT2D eigenvalue weighted by Crippen LogP contribution is 2.06. The van der Waals surface area contributed by atoms with Crippen LogP contribution in [0.2, 0.25) is 0 Å². The summed E-state index contributed by atoms with van der Waals surface area (Å²) >= 11 is 0. The summed E-state index contributed by atoms with van der Waals surface area (Å²) in [5.74, 6) is 0.903. The Bertz CT molecular complexity index is 287. The molecule has 0 unspecified atom stereocenters. The van der Waals surface area contributed by atoms with Crippen LogP contribution in [0.25, 0.3) is 0 Å². The molecule has 4 heteroatoms. The summed E-state index contributed by atoms with van der Waals surface area (Å²) in [6, 6.07) is 4.09. The van der Waals surface area contributed by atoms with Crippen LogP contribution in [0.4, 0.5) is 5.82 Å². The first-order valence-electron chi connectivity index (χ1n) is 5.65. The van der Waals surface area contributed by atoms with Crippen LogP contribution in [0.3, 0.4) is 0 Å². The zero-order chi connectivity index (χ0) is 11.8. The van der Waals surface area contributed by atoms with Crippen LogP contribution in [-0.2, 0) is 11.3 Å². The molecule has 16 heavy (non-hydrogen) atoms. The fourth-order valence-corrected chi connectivity index (χ4v) is 1.42. The van der Waals surface area contributed by atoms with Crippen molar-refractivity contribution in [2.24, 2.45) is 0 Å². The maximum Gasteiger partial charge on any atom is 0.125 e. The normalized spacial score (nSPS) is 10.8. The van der Waals surface area contributed by atoms with Crippen molar-refractivity contribution in [2.75, 3.05) is 39.2 Å². The Morgan fingerprint density at radius 1 is 1.44 bits per heavy atom. The summed E-state index contributed by atoms with van der Waals surface area (Å²) in [5, 5.41) is 3.00. The molecule has 0 bridgehead atoms. The van der Waals surface area contributed by atoms with Crippen molar-refractivity contribution in [2.45, 2.75) is 13.5 Å². The minimum absolute atomic E-state index is 0.784. The Balaban J connectivity index is 2.34. The van der Waals surface area contributed by atoms with Gasteiger partial charge >= 0.3 is 0 Å². The first kappa shape index (κ1) is 12.9. The molecule has 0 aliphatic carbocycles. The van der Waals surface area contributed by atoms with Crippen LogP contribution in [0.1, 0.15) is 12.5 Å². The number of likely N-dealkylation sites (N-methyl/N-ethyl adjacent to an activating group) is 1. The monoisotopic (exact) mass is 223 g/mol. The van der Waals surface area contributed by atoms with Crippen LogP contribution < -0.4 is 5.32 Å². The van der Waals surface area contributed by atoms with Crippen LogP contribution in [0, 0.1) is 0 Å². The molecule has 0 spiro atoms. The molecule has 0 aliphatic heterocycles. The largest absolute Gasteiger partial charge is 0.380 e. The van der Waals surface area contributed by atoms with E-state index < -0.39 is 0 Å². The Labute approximate surface area is 97.6 Å². The van der Waals surface area contributed by atoms with Gasteiger partial charge in [0.05, 0.1) is 6.61 Å². The first-order chi connectivity index (χ1) is 7.76. The van der Waals surface area contributed by atoms with Crippen molar-refractivity contribution >= 4 is 5.82 Å². The predicted octanol–water partition coefficient (Wildman–Crippen LogP) is 1.59. The van der Waals surface area contributed by atoms with Crippen LogP contribution in [-0.4, -0.2) is 43.7 Å². The van der Waals surface area contributed by atoms with Crippen molar-refractivity contribution < 1.29 is 4.74 Å². The number of nitrogens with zero attached hydrogens (tertiary/aromatic N) is 2. The van der Waals surface area contributed by atoms with Gasteiger partial charge in [-0.15, -0.1) is 0 Å². The lowest BCUT2D eigenvalue weighted by Crippen LogP contribution is -2.22. The number of nitrogens with one attached hydrogen (secondary N) is 1. The molecule has 0 saturated heterocycles. The number of rotatable bonds is 7. The van der Waals surface area contributed by atoms with E-state index in [1.165, 1.54) is 5.56 Å². The number of pyridine rings is 1. The molecular formula is C12H21N3O. The Morgan fingerprint density at radius 2 is 2.25 bits per heavy atom. The lowest BCUT2D eigenvalue weighted by Gasteiger charge is -2.16. The van der Waals surface area contributed by atoms with Gasteiger partial charge in [-0.2, -0.15) is 0 Å². The molecule has 0 aromatic carbocycles. The van der Waals surface area contributed by atoms with Gasteiger partial charge < -0.3 is 10.1 Å². The zero-order valence-corrected chi connectivity index (χ0v) is 10.4. The highest BCUT2D eigenvalue weighted by atomic mass is 16.5. The molecule has 1 heterocycles. The number of hydrogen-bond acceptors (Lipinski definition) is 4. The smallest absolute Gasteiger partial charge is 0.125 e. The number of hydrogen-bond donors (Lipinski definition) is 1. The molecule has 1 aromatic rings. The average molecular weight is 223 g/mol. The van der Waals surface area contributed by atoms with Crippen LogP contribution in [0.15, 0.2) is 18.3 Å². The Morgan fingerprint density at radius 3 is 2.81 bits per heavy atom. The molecule has 1 rings (SSSR count). The van der Waals surface area contributed by atoms with Gasteiger partial charge in [-0.3, -0.25) is 4.90 Å². The molecule has 0 radical (unpaired) electrons. The van der Waals surface area contributed by atoms with Crippen molar-refractivity contribution in [3.63, 3.8) is 0 Å². The molecule has 90 valence electrons. The van der Waals surface area contributed by atoms with Crippen LogP contribution >= 0.6 is 0 Å². The van der Waals surface area contributed by atoms with Gasteiger partial charge in [0.1, 0.15) is 5.82 Å². The summed E-state index contributed by atoms with van der Waals surface area (Å²) in [5.41, 5.74) is 1.22. The first-order valence-corrected chi connectivity index (χ1v) is 5.65. The Hall–Kier alpha value is -1.13. The summed E-state index contributed by atoms with van der Waals surface area (Å²) in [7, 11) is 3.96. The fraction of sp³-hybridized carbons (Fsp3) is 0.583. The number of ether oxygens (including phenoxy) is 1. The summed E-state index contributed by atoms with van der Waals surface area (Å²) < 4.78 is 5.31. The second kappa shape index (κ2) is 7.19. The lowest BCUT2D eigenvalue weighted by atomic mass is 10.2. The molecule has 0 saturated carbocycles. The van der Waals surface area contributed by atoms with E-state index in [2.05, 4.69) is 28.3 Å². The van der Waals surface area contributed by atoms with Gasteiger partial charge in [0.25, 0.3) is 0 Å². The number of anilines is 1. The maximum atomic E-state index is 5.31. The molecular weight excluding hydrogens is 202 g/mol. The minimum atomic E-state index is 0.784. The van der Waals surface area contributed by atoms with Gasteiger partial charge in [0, 0.05) is 32.9 Å². The maximum absolute atomic E-state index is 5.31. The molecule has 4 nitrogen and oxygen atoms in total. The number of aromatic nitrogens is 1. The lowest BCUT2D eigenvalue weighted by molar-refractivity contribution is 0.120. The predicted molar refractivity (Wildman–Crippen MR) is 66.6 cm³/mol. The van der Waals surface area contributed by atoms with E-state index in [0.717, 1.165) is 32.1 Å².